The molecule has 0 unspecified atom stereocenters. The molecule has 2 aromatic rings. The molecule has 2 rings (SSSR count). The Morgan fingerprint density at radius 2 is 2.36 bits per heavy atom. The summed E-state index contributed by atoms with van der Waals surface area (Å²) < 4.78 is 0.595. The number of rotatable bonds is 2. The maximum atomic E-state index is 11.7. The van der Waals surface area contributed by atoms with Gasteiger partial charge in [0, 0.05) is 7.05 Å². The Kier molecular flexibility index (Phi) is 2.35. The van der Waals surface area contributed by atoms with E-state index in [1.807, 2.05) is 0 Å². The van der Waals surface area contributed by atoms with E-state index in [-0.39, 0.29) is 5.78 Å². The number of ketones is 1. The van der Waals surface area contributed by atoms with Crippen molar-refractivity contribution in [2.75, 3.05) is 0 Å². The van der Waals surface area contributed by atoms with Gasteiger partial charge < -0.3 is 0 Å². The van der Waals surface area contributed by atoms with Crippen LogP contribution in [0.1, 0.15) is 15.4 Å². The van der Waals surface area contributed by atoms with Crippen molar-refractivity contribution in [2.45, 2.75) is 0 Å². The van der Waals surface area contributed by atoms with Crippen LogP contribution in [0.2, 0.25) is 4.34 Å². The first kappa shape index (κ1) is 9.36. The van der Waals surface area contributed by atoms with Crippen LogP contribution in [0.15, 0.2) is 18.3 Å². The SMILES string of the molecule is Cn1ncc(C(=O)c2ccc(Cl)s2)n1. The summed E-state index contributed by atoms with van der Waals surface area (Å²) in [6.45, 7) is 0. The molecule has 0 aliphatic rings. The number of halogens is 1. The lowest BCUT2D eigenvalue weighted by atomic mass is 10.2. The predicted molar refractivity (Wildman–Crippen MR) is 53.8 cm³/mol. The van der Waals surface area contributed by atoms with Crippen LogP contribution in [0.5, 0.6) is 0 Å². The molecule has 0 atom stereocenters. The molecule has 0 aromatic carbocycles. The number of aryl methyl sites for hydroxylation is 1. The van der Waals surface area contributed by atoms with Crippen molar-refractivity contribution in [1.29, 1.82) is 0 Å². The minimum absolute atomic E-state index is 0.144. The van der Waals surface area contributed by atoms with Crippen LogP contribution in [0.25, 0.3) is 0 Å². The second kappa shape index (κ2) is 3.51. The summed E-state index contributed by atoms with van der Waals surface area (Å²) in [4.78, 5) is 13.6. The zero-order chi connectivity index (χ0) is 10.1. The van der Waals surface area contributed by atoms with Gasteiger partial charge in [-0.25, -0.2) is 0 Å². The fourth-order valence-corrected chi connectivity index (χ4v) is 2.00. The molecule has 2 heterocycles. The van der Waals surface area contributed by atoms with E-state index in [1.165, 1.54) is 22.3 Å². The molecule has 0 spiro atoms. The van der Waals surface area contributed by atoms with Crippen LogP contribution in [0.3, 0.4) is 0 Å². The molecule has 14 heavy (non-hydrogen) atoms. The van der Waals surface area contributed by atoms with Crippen LogP contribution in [-0.4, -0.2) is 20.8 Å². The average molecular weight is 228 g/mol. The molecule has 0 saturated carbocycles. The van der Waals surface area contributed by atoms with Crippen LogP contribution in [0, 0.1) is 0 Å². The van der Waals surface area contributed by atoms with Crippen molar-refractivity contribution in [3.05, 3.63) is 33.2 Å². The van der Waals surface area contributed by atoms with Crippen LogP contribution >= 0.6 is 22.9 Å². The summed E-state index contributed by atoms with van der Waals surface area (Å²) in [5.74, 6) is -0.144. The van der Waals surface area contributed by atoms with E-state index in [2.05, 4.69) is 10.2 Å². The zero-order valence-electron chi connectivity index (χ0n) is 7.27. The maximum Gasteiger partial charge on any atom is 0.224 e. The van der Waals surface area contributed by atoms with Crippen LogP contribution < -0.4 is 0 Å². The number of hydrogen-bond acceptors (Lipinski definition) is 4. The monoisotopic (exact) mass is 227 g/mol. The molecule has 0 amide bonds. The lowest BCUT2D eigenvalue weighted by Crippen LogP contribution is -2.01. The Labute approximate surface area is 89.1 Å². The van der Waals surface area contributed by atoms with Crippen molar-refractivity contribution in [3.8, 4) is 0 Å². The Morgan fingerprint density at radius 3 is 2.86 bits per heavy atom. The lowest BCUT2D eigenvalue weighted by molar-refractivity contribution is 0.103. The molecule has 0 radical (unpaired) electrons. The van der Waals surface area contributed by atoms with Gasteiger partial charge in [-0.15, -0.1) is 11.3 Å². The van der Waals surface area contributed by atoms with Gasteiger partial charge in [-0.1, -0.05) is 11.6 Å². The molecule has 0 bridgehead atoms. The number of thiophene rings is 1. The summed E-state index contributed by atoms with van der Waals surface area (Å²) in [5, 5.41) is 7.74. The summed E-state index contributed by atoms with van der Waals surface area (Å²) in [7, 11) is 1.66. The van der Waals surface area contributed by atoms with Crippen LogP contribution in [0.4, 0.5) is 0 Å². The van der Waals surface area contributed by atoms with Gasteiger partial charge in [0.1, 0.15) is 0 Å². The number of aromatic nitrogens is 3. The van der Waals surface area contributed by atoms with Crippen molar-refractivity contribution in [2.24, 2.45) is 7.05 Å². The fourth-order valence-electron chi connectivity index (χ4n) is 1.01. The first-order valence-corrected chi connectivity index (χ1v) is 5.02. The van der Waals surface area contributed by atoms with Crippen LogP contribution in [-0.2, 0) is 7.05 Å². The summed E-state index contributed by atoms with van der Waals surface area (Å²) in [5.41, 5.74) is 0.339. The summed E-state index contributed by atoms with van der Waals surface area (Å²) in [6, 6.07) is 3.37. The van der Waals surface area contributed by atoms with E-state index in [0.29, 0.717) is 14.9 Å². The maximum absolute atomic E-state index is 11.7. The van der Waals surface area contributed by atoms with Crippen molar-refractivity contribution >= 4 is 28.7 Å². The minimum Gasteiger partial charge on any atom is -0.286 e. The fraction of sp³-hybridized carbons (Fsp3) is 0.125. The standard InChI is InChI=1S/C8H6ClN3OS/c1-12-10-4-5(11-12)8(13)6-2-3-7(9)14-6/h2-4H,1H3. The molecule has 0 aliphatic heterocycles. The van der Waals surface area contributed by atoms with Crippen molar-refractivity contribution in [1.82, 2.24) is 15.0 Å². The highest BCUT2D eigenvalue weighted by Crippen LogP contribution is 2.23. The molecule has 4 nitrogen and oxygen atoms in total. The molecule has 72 valence electrons. The van der Waals surface area contributed by atoms with E-state index >= 15 is 0 Å². The summed E-state index contributed by atoms with van der Waals surface area (Å²) >= 11 is 6.96. The van der Waals surface area contributed by atoms with Gasteiger partial charge in [-0.3, -0.25) is 4.79 Å². The summed E-state index contributed by atoms with van der Waals surface area (Å²) in [6.07, 6.45) is 1.44. The topological polar surface area (TPSA) is 47.8 Å². The third-order valence-electron chi connectivity index (χ3n) is 1.63. The van der Waals surface area contributed by atoms with Gasteiger partial charge in [0.15, 0.2) is 5.69 Å². The largest absolute Gasteiger partial charge is 0.286 e. The van der Waals surface area contributed by atoms with Gasteiger partial charge in [0.2, 0.25) is 5.78 Å². The predicted octanol–water partition coefficient (Wildman–Crippen LogP) is 1.76. The van der Waals surface area contributed by atoms with E-state index in [1.54, 1.807) is 19.2 Å². The first-order chi connectivity index (χ1) is 6.66. The molecule has 6 heteroatoms. The second-order valence-electron chi connectivity index (χ2n) is 2.65. The molecule has 0 fully saturated rings. The van der Waals surface area contributed by atoms with E-state index in [9.17, 15) is 4.79 Å². The Hall–Kier alpha value is -1.20. The third-order valence-corrected chi connectivity index (χ3v) is 2.86. The molecule has 0 saturated heterocycles. The molecule has 0 N–H and O–H groups in total. The van der Waals surface area contributed by atoms with E-state index < -0.39 is 0 Å². The number of carbonyl (C=O) groups is 1. The third kappa shape index (κ3) is 1.69. The average Bonchev–Trinajstić information content (AvgIpc) is 2.73. The highest BCUT2D eigenvalue weighted by molar-refractivity contribution is 7.18. The lowest BCUT2D eigenvalue weighted by Gasteiger charge is -1.89. The molecule has 0 aliphatic carbocycles. The Balaban J connectivity index is 2.33. The van der Waals surface area contributed by atoms with E-state index in [0.717, 1.165) is 0 Å². The van der Waals surface area contributed by atoms with Gasteiger partial charge in [0.25, 0.3) is 0 Å². The van der Waals surface area contributed by atoms with E-state index in [4.69, 9.17) is 11.6 Å². The van der Waals surface area contributed by atoms with Gasteiger partial charge in [-0.05, 0) is 12.1 Å². The Bertz CT molecular complexity index is 434. The first-order valence-electron chi connectivity index (χ1n) is 3.83. The van der Waals surface area contributed by atoms with Gasteiger partial charge in [-0.2, -0.15) is 15.0 Å². The minimum atomic E-state index is -0.144. The molecular formula is C8H6ClN3OS. The normalized spacial score (nSPS) is 10.4. The van der Waals surface area contributed by atoms with Gasteiger partial charge >= 0.3 is 0 Å². The van der Waals surface area contributed by atoms with Crippen molar-refractivity contribution < 1.29 is 4.79 Å². The number of hydrogen-bond donors (Lipinski definition) is 0. The zero-order valence-corrected chi connectivity index (χ0v) is 8.84. The molecule has 2 aromatic heterocycles. The van der Waals surface area contributed by atoms with Crippen molar-refractivity contribution in [3.63, 3.8) is 0 Å². The smallest absolute Gasteiger partial charge is 0.224 e. The Morgan fingerprint density at radius 1 is 1.57 bits per heavy atom. The molecular weight excluding hydrogens is 222 g/mol. The highest BCUT2D eigenvalue weighted by atomic mass is 35.5. The quantitative estimate of drug-likeness (QED) is 0.735. The second-order valence-corrected chi connectivity index (χ2v) is 4.37. The van der Waals surface area contributed by atoms with Gasteiger partial charge in [0.05, 0.1) is 15.4 Å². The number of nitrogens with zero attached hydrogens (tertiary/aromatic N) is 3. The number of carbonyl (C=O) groups excluding carboxylic acids is 1. The highest BCUT2D eigenvalue weighted by Gasteiger charge is 2.14.